The van der Waals surface area contributed by atoms with Gasteiger partial charge in [0.2, 0.25) is 0 Å². The molecule has 14 heteroatoms. The van der Waals surface area contributed by atoms with Crippen molar-refractivity contribution in [3.05, 3.63) is 23.0 Å². The summed E-state index contributed by atoms with van der Waals surface area (Å²) in [4.78, 5) is 30.0. The molecule has 2 saturated heterocycles. The van der Waals surface area contributed by atoms with Crippen LogP contribution in [0.5, 0.6) is 0 Å². The van der Waals surface area contributed by atoms with Crippen LogP contribution in [0.15, 0.2) is 4.90 Å². The van der Waals surface area contributed by atoms with Crippen LogP contribution in [0.3, 0.4) is 0 Å². The standard InChI is InChI=1S/C23H31F3N4O6S/c1-2-36-23(32)30-8-6-29(7-9-30)22(31)16-17(24)19(26)21-20(18(16)25)28(12-15-37(21,33)34)5-3-4-27-10-13-35-14-11-27/h2-15H2,1H3. The van der Waals surface area contributed by atoms with E-state index in [1.165, 1.54) is 9.80 Å². The lowest BCUT2D eigenvalue weighted by molar-refractivity contribution is 0.0376. The molecule has 4 rings (SSSR count). The molecule has 2 amide bonds. The summed E-state index contributed by atoms with van der Waals surface area (Å²) >= 11 is 0. The highest BCUT2D eigenvalue weighted by molar-refractivity contribution is 7.91. The van der Waals surface area contributed by atoms with Crippen molar-refractivity contribution in [3.63, 3.8) is 0 Å². The van der Waals surface area contributed by atoms with E-state index in [0.29, 0.717) is 26.2 Å². The molecule has 2 fully saturated rings. The van der Waals surface area contributed by atoms with Gasteiger partial charge < -0.3 is 24.2 Å². The van der Waals surface area contributed by atoms with Gasteiger partial charge in [-0.1, -0.05) is 0 Å². The molecule has 0 spiro atoms. The molecule has 3 heterocycles. The summed E-state index contributed by atoms with van der Waals surface area (Å²) in [6.07, 6.45) is -0.0403. The second kappa shape index (κ2) is 11.4. The first-order valence-corrected chi connectivity index (χ1v) is 14.0. The van der Waals surface area contributed by atoms with Crippen molar-refractivity contribution in [2.75, 3.05) is 89.4 Å². The third kappa shape index (κ3) is 5.65. The molecule has 10 nitrogen and oxygen atoms in total. The SMILES string of the molecule is CCOC(=O)N1CCN(C(=O)c2c(F)c(F)c3c(c2F)N(CCCN2CCOCC2)CCS3(=O)=O)CC1. The molecule has 1 aromatic rings. The van der Waals surface area contributed by atoms with E-state index in [2.05, 4.69) is 4.90 Å². The van der Waals surface area contributed by atoms with Crippen molar-refractivity contribution >= 4 is 27.5 Å². The molecule has 0 aromatic heterocycles. The summed E-state index contributed by atoms with van der Waals surface area (Å²) in [7, 11) is -4.29. The van der Waals surface area contributed by atoms with E-state index in [-0.39, 0.29) is 45.9 Å². The fourth-order valence-corrected chi connectivity index (χ4v) is 6.37. The minimum absolute atomic E-state index is 0.0448. The highest BCUT2D eigenvalue weighted by Gasteiger charge is 2.41. The zero-order chi connectivity index (χ0) is 26.7. The van der Waals surface area contributed by atoms with Crippen LogP contribution in [-0.4, -0.2) is 120 Å². The van der Waals surface area contributed by atoms with Crippen LogP contribution >= 0.6 is 0 Å². The number of carbonyl (C=O) groups excluding carboxylic acids is 2. The maximum absolute atomic E-state index is 15.8. The fourth-order valence-electron chi connectivity index (χ4n) is 4.82. The lowest BCUT2D eigenvalue weighted by Gasteiger charge is -2.35. The van der Waals surface area contributed by atoms with Gasteiger partial charge in [0.25, 0.3) is 5.91 Å². The molecule has 0 saturated carbocycles. The quantitative estimate of drug-likeness (QED) is 0.491. The van der Waals surface area contributed by atoms with Crippen molar-refractivity contribution < 1.29 is 40.7 Å². The Hall–Kier alpha value is -2.58. The first-order chi connectivity index (χ1) is 17.7. The van der Waals surface area contributed by atoms with Gasteiger partial charge in [0.05, 0.1) is 31.3 Å². The van der Waals surface area contributed by atoms with Crippen LogP contribution < -0.4 is 4.90 Å². The van der Waals surface area contributed by atoms with Crippen LogP contribution in [-0.2, 0) is 19.3 Å². The number of nitrogens with zero attached hydrogens (tertiary/aromatic N) is 4. The van der Waals surface area contributed by atoms with Gasteiger partial charge in [-0.3, -0.25) is 9.69 Å². The van der Waals surface area contributed by atoms with Crippen molar-refractivity contribution in [2.24, 2.45) is 0 Å². The van der Waals surface area contributed by atoms with Crippen LogP contribution in [0.25, 0.3) is 0 Å². The Kier molecular flexibility index (Phi) is 8.49. The zero-order valence-corrected chi connectivity index (χ0v) is 21.5. The second-order valence-corrected chi connectivity index (χ2v) is 11.1. The molecule has 0 unspecified atom stereocenters. The molecule has 0 radical (unpaired) electrons. The number of morpholine rings is 1. The summed E-state index contributed by atoms with van der Waals surface area (Å²) in [5.74, 6) is -6.55. The normalized spacial score (nSPS) is 20.1. The summed E-state index contributed by atoms with van der Waals surface area (Å²) in [5.41, 5.74) is -1.73. The number of ether oxygens (including phenoxy) is 2. The maximum atomic E-state index is 15.8. The summed E-state index contributed by atoms with van der Waals surface area (Å²) in [6, 6.07) is 0. The number of hydrogen-bond acceptors (Lipinski definition) is 8. The van der Waals surface area contributed by atoms with Crippen LogP contribution in [0.1, 0.15) is 23.7 Å². The molecule has 3 aliphatic heterocycles. The Morgan fingerprint density at radius 2 is 1.54 bits per heavy atom. The third-order valence-corrected chi connectivity index (χ3v) is 8.54. The molecule has 37 heavy (non-hydrogen) atoms. The molecule has 3 aliphatic rings. The molecule has 1 aromatic carbocycles. The fraction of sp³-hybridized carbons (Fsp3) is 0.652. The Morgan fingerprint density at radius 1 is 0.892 bits per heavy atom. The monoisotopic (exact) mass is 548 g/mol. The predicted molar refractivity (Wildman–Crippen MR) is 127 cm³/mol. The zero-order valence-electron chi connectivity index (χ0n) is 20.7. The Labute approximate surface area is 213 Å². The first-order valence-electron chi connectivity index (χ1n) is 12.3. The van der Waals surface area contributed by atoms with Gasteiger partial charge in [0, 0.05) is 58.9 Å². The van der Waals surface area contributed by atoms with E-state index in [0.717, 1.165) is 18.0 Å². The lowest BCUT2D eigenvalue weighted by Crippen LogP contribution is -2.51. The van der Waals surface area contributed by atoms with E-state index in [9.17, 15) is 18.0 Å². The highest BCUT2D eigenvalue weighted by atomic mass is 32.2. The van der Waals surface area contributed by atoms with Gasteiger partial charge in [-0.25, -0.2) is 26.4 Å². The smallest absolute Gasteiger partial charge is 0.409 e. The molecular weight excluding hydrogens is 517 g/mol. The van der Waals surface area contributed by atoms with Crippen molar-refractivity contribution in [2.45, 2.75) is 18.2 Å². The number of anilines is 1. The molecule has 206 valence electrons. The number of carbonyl (C=O) groups is 2. The van der Waals surface area contributed by atoms with Crippen molar-refractivity contribution in [3.8, 4) is 0 Å². The van der Waals surface area contributed by atoms with Gasteiger partial charge >= 0.3 is 6.09 Å². The van der Waals surface area contributed by atoms with Crippen molar-refractivity contribution in [1.29, 1.82) is 0 Å². The summed E-state index contributed by atoms with van der Waals surface area (Å²) in [5, 5.41) is 0. The number of halogens is 3. The Balaban J connectivity index is 1.58. The first kappa shape index (κ1) is 27.5. The number of benzene rings is 1. The van der Waals surface area contributed by atoms with E-state index in [4.69, 9.17) is 9.47 Å². The van der Waals surface area contributed by atoms with Crippen LogP contribution in [0, 0.1) is 17.5 Å². The molecule has 0 N–H and O–H groups in total. The van der Waals surface area contributed by atoms with Gasteiger partial charge in [-0.2, -0.15) is 0 Å². The van der Waals surface area contributed by atoms with Gasteiger partial charge in [0.15, 0.2) is 27.3 Å². The van der Waals surface area contributed by atoms with E-state index < -0.39 is 61.2 Å². The largest absolute Gasteiger partial charge is 0.450 e. The Bertz CT molecular complexity index is 1140. The van der Waals surface area contributed by atoms with E-state index in [1.54, 1.807) is 6.92 Å². The van der Waals surface area contributed by atoms with Gasteiger partial charge in [-0.15, -0.1) is 0 Å². The number of piperazine rings is 1. The molecule has 0 bridgehead atoms. The van der Waals surface area contributed by atoms with E-state index >= 15 is 13.2 Å². The number of rotatable bonds is 6. The highest BCUT2D eigenvalue weighted by Crippen LogP contribution is 2.39. The van der Waals surface area contributed by atoms with Gasteiger partial charge in [-0.05, 0) is 13.3 Å². The number of hydrogen-bond donors (Lipinski definition) is 0. The molecule has 0 aliphatic carbocycles. The van der Waals surface area contributed by atoms with Crippen LogP contribution in [0.2, 0.25) is 0 Å². The van der Waals surface area contributed by atoms with Crippen LogP contribution in [0.4, 0.5) is 23.7 Å². The van der Waals surface area contributed by atoms with Gasteiger partial charge in [0.1, 0.15) is 10.5 Å². The topological polar surface area (TPSA) is 99.7 Å². The minimum Gasteiger partial charge on any atom is -0.450 e. The maximum Gasteiger partial charge on any atom is 0.409 e. The molecular formula is C23H31F3N4O6S. The molecule has 0 atom stereocenters. The van der Waals surface area contributed by atoms with Crippen molar-refractivity contribution in [1.82, 2.24) is 14.7 Å². The third-order valence-electron chi connectivity index (χ3n) is 6.82. The minimum atomic E-state index is -4.29. The number of sulfone groups is 1. The predicted octanol–water partition coefficient (Wildman–Crippen LogP) is 1.33. The lowest BCUT2D eigenvalue weighted by atomic mass is 10.1. The van der Waals surface area contributed by atoms with E-state index in [1.807, 2.05) is 0 Å². The summed E-state index contributed by atoms with van der Waals surface area (Å²) < 4.78 is 81.6. The number of amides is 2. The summed E-state index contributed by atoms with van der Waals surface area (Å²) in [6.45, 7) is 5.30. The average molecular weight is 549 g/mol. The number of fused-ring (bicyclic) bond motifs is 1. The Morgan fingerprint density at radius 3 is 2.19 bits per heavy atom. The average Bonchev–Trinajstić information content (AvgIpc) is 2.88. The second-order valence-electron chi connectivity index (χ2n) is 9.09.